The van der Waals surface area contributed by atoms with Gasteiger partial charge in [0.2, 0.25) is 0 Å². The van der Waals surface area contributed by atoms with Crippen molar-refractivity contribution in [3.05, 3.63) is 0 Å². The Kier molecular flexibility index (Phi) is 20.4. The molecule has 0 fully saturated rings. The lowest BCUT2D eigenvalue weighted by Crippen LogP contribution is -2.23. The normalized spacial score (nSPS) is 11.2. The molecular weight excluding hydrogens is 322 g/mol. The molecule has 3 heteroatoms. The van der Waals surface area contributed by atoms with Gasteiger partial charge < -0.3 is 10.9 Å². The quantitative estimate of drug-likeness (QED) is 0.208. The Balaban J connectivity index is 0. The number of ether oxygens (including phenoxy) is 1. The lowest BCUT2D eigenvalue weighted by Gasteiger charge is -2.16. The van der Waals surface area contributed by atoms with E-state index in [9.17, 15) is 4.79 Å². The lowest BCUT2D eigenvalue weighted by atomic mass is 9.97. The average molecular weight is 372 g/mol. The largest absolute Gasteiger partial charge is 0.465 e. The van der Waals surface area contributed by atoms with E-state index in [0.717, 1.165) is 6.42 Å². The third-order valence-corrected chi connectivity index (χ3v) is 4.84. The smallest absolute Gasteiger partial charge is 0.311 e. The summed E-state index contributed by atoms with van der Waals surface area (Å²) in [7, 11) is 0. The van der Waals surface area contributed by atoms with Gasteiger partial charge in [0.05, 0.1) is 12.0 Å². The van der Waals surface area contributed by atoms with E-state index in [1.807, 2.05) is 20.8 Å². The Labute approximate surface area is 164 Å². The van der Waals surface area contributed by atoms with Gasteiger partial charge in [-0.05, 0) is 27.2 Å². The molecule has 0 aromatic carbocycles. The van der Waals surface area contributed by atoms with Crippen LogP contribution in [0.1, 0.15) is 130 Å². The predicted octanol–water partition coefficient (Wildman–Crippen LogP) is 8.00. The topological polar surface area (TPSA) is 61.3 Å². The number of unbranched alkanes of at least 4 members (excludes halogenated alkanes) is 15. The molecule has 0 radical (unpaired) electrons. The summed E-state index contributed by atoms with van der Waals surface area (Å²) in [6, 6.07) is 0. The molecule has 0 aromatic heterocycles. The summed E-state index contributed by atoms with van der Waals surface area (Å²) in [6.45, 7) is 8.59. The van der Waals surface area contributed by atoms with Gasteiger partial charge in [0.15, 0.2) is 0 Å². The first-order valence-corrected chi connectivity index (χ1v) is 11.2. The van der Waals surface area contributed by atoms with Crippen molar-refractivity contribution in [1.82, 2.24) is 6.15 Å². The monoisotopic (exact) mass is 371 g/mol. The maximum Gasteiger partial charge on any atom is 0.311 e. The number of carbonyl (C=O) groups is 1. The van der Waals surface area contributed by atoms with Crippen molar-refractivity contribution in [3.8, 4) is 0 Å². The second-order valence-electron chi connectivity index (χ2n) is 8.69. The third-order valence-electron chi connectivity index (χ3n) is 4.84. The van der Waals surface area contributed by atoms with Crippen molar-refractivity contribution in [2.24, 2.45) is 5.41 Å². The molecule has 0 aliphatic rings. The average Bonchev–Trinajstić information content (AvgIpc) is 2.56. The van der Waals surface area contributed by atoms with Crippen LogP contribution in [-0.4, -0.2) is 12.6 Å². The molecule has 158 valence electrons. The Morgan fingerprint density at radius 3 is 1.23 bits per heavy atom. The van der Waals surface area contributed by atoms with E-state index in [1.54, 1.807) is 0 Å². The zero-order valence-corrected chi connectivity index (χ0v) is 18.5. The Morgan fingerprint density at radius 1 is 0.615 bits per heavy atom. The van der Waals surface area contributed by atoms with E-state index in [-0.39, 0.29) is 17.5 Å². The van der Waals surface area contributed by atoms with E-state index in [2.05, 4.69) is 6.92 Å². The highest BCUT2D eigenvalue weighted by Gasteiger charge is 2.22. The fraction of sp³-hybridized carbons (Fsp3) is 0.957. The number of rotatable bonds is 17. The van der Waals surface area contributed by atoms with Crippen molar-refractivity contribution >= 4 is 5.97 Å². The molecule has 0 unspecified atom stereocenters. The fourth-order valence-electron chi connectivity index (χ4n) is 3.03. The maximum absolute atomic E-state index is 11.6. The molecule has 0 saturated carbocycles. The van der Waals surface area contributed by atoms with Gasteiger partial charge in [-0.25, -0.2) is 0 Å². The molecule has 0 atom stereocenters. The molecule has 0 amide bonds. The molecule has 3 N–H and O–H groups in total. The standard InChI is InChI=1S/C23H46O2.H3N/c1-5-6-7-8-9-10-11-12-13-14-15-16-17-18-19-20-21-25-22(24)23(2,3)4;/h5-21H2,1-4H3;1H3. The van der Waals surface area contributed by atoms with Gasteiger partial charge >= 0.3 is 5.97 Å². The number of hydrogen-bond donors (Lipinski definition) is 1. The van der Waals surface area contributed by atoms with Crippen molar-refractivity contribution in [2.45, 2.75) is 130 Å². The van der Waals surface area contributed by atoms with Crippen molar-refractivity contribution in [1.29, 1.82) is 0 Å². The molecule has 0 saturated heterocycles. The molecule has 0 spiro atoms. The Hall–Kier alpha value is -0.570. The van der Waals surface area contributed by atoms with Crippen LogP contribution in [0.5, 0.6) is 0 Å². The van der Waals surface area contributed by atoms with Gasteiger partial charge in [0.25, 0.3) is 0 Å². The van der Waals surface area contributed by atoms with Crippen LogP contribution < -0.4 is 6.15 Å². The van der Waals surface area contributed by atoms with E-state index in [4.69, 9.17) is 4.74 Å². The zero-order valence-electron chi connectivity index (χ0n) is 18.5. The number of carbonyl (C=O) groups excluding carboxylic acids is 1. The van der Waals surface area contributed by atoms with Gasteiger partial charge in [-0.1, -0.05) is 103 Å². The van der Waals surface area contributed by atoms with Crippen molar-refractivity contribution in [3.63, 3.8) is 0 Å². The van der Waals surface area contributed by atoms with E-state index >= 15 is 0 Å². The first-order valence-electron chi connectivity index (χ1n) is 11.2. The minimum absolute atomic E-state index is 0. The van der Waals surface area contributed by atoms with Gasteiger partial charge in [0, 0.05) is 0 Å². The first-order chi connectivity index (χ1) is 12.0. The van der Waals surface area contributed by atoms with Crippen LogP contribution in [0.4, 0.5) is 0 Å². The molecule has 0 aliphatic carbocycles. The second kappa shape index (κ2) is 19.2. The summed E-state index contributed by atoms with van der Waals surface area (Å²) in [5.41, 5.74) is -0.366. The molecule has 0 bridgehead atoms. The Morgan fingerprint density at radius 2 is 0.923 bits per heavy atom. The molecule has 26 heavy (non-hydrogen) atoms. The van der Waals surface area contributed by atoms with E-state index in [1.165, 1.54) is 96.3 Å². The van der Waals surface area contributed by atoms with Gasteiger partial charge in [-0.3, -0.25) is 4.79 Å². The minimum Gasteiger partial charge on any atom is -0.465 e. The SMILES string of the molecule is CCCCCCCCCCCCCCCCCCOC(=O)C(C)(C)C.N. The Bertz CT molecular complexity index is 297. The molecule has 0 rings (SSSR count). The molecule has 0 aliphatic heterocycles. The molecule has 0 heterocycles. The summed E-state index contributed by atoms with van der Waals surface area (Å²) in [4.78, 5) is 11.6. The van der Waals surface area contributed by atoms with Crippen molar-refractivity contribution < 1.29 is 9.53 Å². The van der Waals surface area contributed by atoms with Gasteiger partial charge in [-0.15, -0.1) is 0 Å². The summed E-state index contributed by atoms with van der Waals surface area (Å²) in [5.74, 6) is -0.0755. The van der Waals surface area contributed by atoms with Crippen LogP contribution in [0.2, 0.25) is 0 Å². The number of hydrogen-bond acceptors (Lipinski definition) is 3. The first kappa shape index (κ1) is 27.6. The maximum atomic E-state index is 11.6. The summed E-state index contributed by atoms with van der Waals surface area (Å²) in [6.07, 6.45) is 21.9. The lowest BCUT2D eigenvalue weighted by molar-refractivity contribution is -0.153. The van der Waals surface area contributed by atoms with Crippen LogP contribution in [0, 0.1) is 5.41 Å². The summed E-state index contributed by atoms with van der Waals surface area (Å²) >= 11 is 0. The van der Waals surface area contributed by atoms with Crippen LogP contribution in [0.3, 0.4) is 0 Å². The third kappa shape index (κ3) is 19.8. The van der Waals surface area contributed by atoms with Gasteiger partial charge in [-0.2, -0.15) is 0 Å². The minimum atomic E-state index is -0.366. The second-order valence-corrected chi connectivity index (χ2v) is 8.69. The zero-order chi connectivity index (χ0) is 18.8. The van der Waals surface area contributed by atoms with Crippen LogP contribution >= 0.6 is 0 Å². The van der Waals surface area contributed by atoms with Gasteiger partial charge in [0.1, 0.15) is 0 Å². The van der Waals surface area contributed by atoms with Crippen LogP contribution in [0.25, 0.3) is 0 Å². The highest BCUT2D eigenvalue weighted by atomic mass is 16.5. The fourth-order valence-corrected chi connectivity index (χ4v) is 3.03. The predicted molar refractivity (Wildman–Crippen MR) is 115 cm³/mol. The summed E-state index contributed by atoms with van der Waals surface area (Å²) < 4.78 is 5.29. The van der Waals surface area contributed by atoms with Crippen LogP contribution in [-0.2, 0) is 9.53 Å². The summed E-state index contributed by atoms with van der Waals surface area (Å²) in [5, 5.41) is 0. The number of esters is 1. The van der Waals surface area contributed by atoms with Crippen molar-refractivity contribution in [2.75, 3.05) is 6.61 Å². The highest BCUT2D eigenvalue weighted by molar-refractivity contribution is 5.75. The molecular formula is C23H49NO2. The van der Waals surface area contributed by atoms with E-state index < -0.39 is 0 Å². The molecule has 0 aromatic rings. The molecule has 3 nitrogen and oxygen atoms in total. The van der Waals surface area contributed by atoms with Crippen LogP contribution in [0.15, 0.2) is 0 Å². The highest BCUT2D eigenvalue weighted by Crippen LogP contribution is 2.16. The van der Waals surface area contributed by atoms with E-state index in [0.29, 0.717) is 6.61 Å².